The Hall–Kier alpha value is -1.98. The Balaban J connectivity index is 1.51. The fourth-order valence-electron chi connectivity index (χ4n) is 2.64. The van der Waals surface area contributed by atoms with E-state index in [9.17, 15) is 4.79 Å². The van der Waals surface area contributed by atoms with Crippen LogP contribution < -0.4 is 10.5 Å². The molecule has 1 aliphatic rings. The van der Waals surface area contributed by atoms with Crippen LogP contribution in [0.4, 0.5) is 5.95 Å². The third-order valence-electron chi connectivity index (χ3n) is 3.85. The number of aryl methyl sites for hydroxylation is 1. The van der Waals surface area contributed by atoms with E-state index in [4.69, 9.17) is 4.74 Å². The van der Waals surface area contributed by atoms with E-state index in [0.717, 1.165) is 34.9 Å². The summed E-state index contributed by atoms with van der Waals surface area (Å²) >= 11 is 2.92. The number of hydrogen-bond acceptors (Lipinski definition) is 9. The zero-order valence-electron chi connectivity index (χ0n) is 13.9. The molecule has 4 rings (SSSR count). The van der Waals surface area contributed by atoms with Gasteiger partial charge in [0.2, 0.25) is 10.9 Å². The lowest BCUT2D eigenvalue weighted by Crippen LogP contribution is -2.37. The van der Waals surface area contributed by atoms with Crippen molar-refractivity contribution < 1.29 is 4.74 Å². The molecule has 0 bridgehead atoms. The number of fused-ring (bicyclic) bond motifs is 1. The molecule has 0 saturated carbocycles. The van der Waals surface area contributed by atoms with Gasteiger partial charge < -0.3 is 9.64 Å². The van der Waals surface area contributed by atoms with Gasteiger partial charge in [-0.15, -0.1) is 10.2 Å². The van der Waals surface area contributed by atoms with Crippen LogP contribution in [0.25, 0.3) is 4.96 Å². The number of morpholine rings is 1. The Morgan fingerprint density at radius 2 is 2.12 bits per heavy atom. The first-order chi connectivity index (χ1) is 12.1. The molecule has 9 nitrogen and oxygen atoms in total. The SMILES string of the molecule is Cc1nn2c(=O)cc(CSc3nnc(N4CCOCC4)n3C)nc2s1. The summed E-state index contributed by atoms with van der Waals surface area (Å²) in [7, 11) is 1.95. The van der Waals surface area contributed by atoms with E-state index >= 15 is 0 Å². The molecule has 0 aliphatic carbocycles. The number of rotatable bonds is 4. The minimum Gasteiger partial charge on any atom is -0.378 e. The third kappa shape index (κ3) is 3.26. The maximum atomic E-state index is 12.1. The summed E-state index contributed by atoms with van der Waals surface area (Å²) in [4.78, 5) is 19.4. The maximum Gasteiger partial charge on any atom is 0.275 e. The van der Waals surface area contributed by atoms with Crippen molar-refractivity contribution in [2.24, 2.45) is 7.05 Å². The minimum absolute atomic E-state index is 0.156. The van der Waals surface area contributed by atoms with Gasteiger partial charge in [-0.2, -0.15) is 9.61 Å². The van der Waals surface area contributed by atoms with Gasteiger partial charge in [0.1, 0.15) is 5.01 Å². The molecule has 0 N–H and O–H groups in total. The Morgan fingerprint density at radius 3 is 2.92 bits per heavy atom. The number of aromatic nitrogens is 6. The number of thioether (sulfide) groups is 1. The first-order valence-corrected chi connectivity index (χ1v) is 9.63. The number of nitrogens with zero attached hydrogens (tertiary/aromatic N) is 7. The van der Waals surface area contributed by atoms with Gasteiger partial charge in [-0.05, 0) is 6.92 Å². The van der Waals surface area contributed by atoms with Crippen molar-refractivity contribution in [1.29, 1.82) is 0 Å². The second kappa shape index (κ2) is 6.73. The molecule has 3 aromatic heterocycles. The lowest BCUT2D eigenvalue weighted by Gasteiger charge is -2.27. The van der Waals surface area contributed by atoms with Gasteiger partial charge >= 0.3 is 0 Å². The summed E-state index contributed by atoms with van der Waals surface area (Å²) in [5, 5.41) is 14.3. The van der Waals surface area contributed by atoms with Crippen LogP contribution in [0.3, 0.4) is 0 Å². The zero-order chi connectivity index (χ0) is 17.4. The molecule has 11 heteroatoms. The molecule has 3 aromatic rings. The van der Waals surface area contributed by atoms with Crippen LogP contribution in [0.1, 0.15) is 10.7 Å². The second-order valence-electron chi connectivity index (χ2n) is 5.63. The Morgan fingerprint density at radius 1 is 1.32 bits per heavy atom. The lowest BCUT2D eigenvalue weighted by molar-refractivity contribution is 0.121. The van der Waals surface area contributed by atoms with Crippen LogP contribution in [-0.2, 0) is 17.5 Å². The van der Waals surface area contributed by atoms with E-state index in [0.29, 0.717) is 23.9 Å². The molecule has 0 unspecified atom stereocenters. The van der Waals surface area contributed by atoms with Gasteiger partial charge in [0.25, 0.3) is 5.56 Å². The Bertz CT molecular complexity index is 958. The Kier molecular flexibility index (Phi) is 4.44. The van der Waals surface area contributed by atoms with Crippen molar-refractivity contribution in [1.82, 2.24) is 29.4 Å². The Labute approximate surface area is 151 Å². The van der Waals surface area contributed by atoms with E-state index in [2.05, 4.69) is 25.2 Å². The number of hydrogen-bond donors (Lipinski definition) is 0. The molecular weight excluding hydrogens is 362 g/mol. The molecule has 0 atom stereocenters. The molecule has 1 saturated heterocycles. The fraction of sp³-hybridized carbons (Fsp3) is 0.500. The van der Waals surface area contributed by atoms with Crippen LogP contribution in [0.15, 0.2) is 16.0 Å². The van der Waals surface area contributed by atoms with Crippen molar-refractivity contribution >= 4 is 34.0 Å². The molecular formula is C14H17N7O2S2. The fourth-order valence-corrected chi connectivity index (χ4v) is 4.20. The highest BCUT2D eigenvalue weighted by molar-refractivity contribution is 7.98. The van der Waals surface area contributed by atoms with Crippen molar-refractivity contribution in [2.75, 3.05) is 31.2 Å². The monoisotopic (exact) mass is 379 g/mol. The van der Waals surface area contributed by atoms with Crippen molar-refractivity contribution in [3.63, 3.8) is 0 Å². The molecule has 132 valence electrons. The third-order valence-corrected chi connectivity index (χ3v) is 5.73. The summed E-state index contributed by atoms with van der Waals surface area (Å²) in [6.45, 7) is 4.90. The smallest absolute Gasteiger partial charge is 0.275 e. The van der Waals surface area contributed by atoms with Gasteiger partial charge in [-0.25, -0.2) is 4.98 Å². The summed E-state index contributed by atoms with van der Waals surface area (Å²) in [5.74, 6) is 1.39. The van der Waals surface area contributed by atoms with Crippen molar-refractivity contribution in [3.8, 4) is 0 Å². The molecule has 0 spiro atoms. The summed E-state index contributed by atoms with van der Waals surface area (Å²) in [5.41, 5.74) is 0.562. The highest BCUT2D eigenvalue weighted by Gasteiger charge is 2.18. The molecule has 1 fully saturated rings. The minimum atomic E-state index is -0.156. The van der Waals surface area contributed by atoms with Crippen molar-refractivity contribution in [2.45, 2.75) is 17.8 Å². The number of anilines is 1. The molecule has 1 aliphatic heterocycles. The van der Waals surface area contributed by atoms with Gasteiger partial charge in [-0.1, -0.05) is 23.1 Å². The normalized spacial score (nSPS) is 15.2. The second-order valence-corrected chi connectivity index (χ2v) is 7.73. The number of ether oxygens (including phenoxy) is 1. The van der Waals surface area contributed by atoms with Crippen LogP contribution in [-0.4, -0.2) is 55.7 Å². The molecule has 0 aromatic carbocycles. The lowest BCUT2D eigenvalue weighted by atomic mass is 10.4. The van der Waals surface area contributed by atoms with E-state index in [-0.39, 0.29) is 5.56 Å². The largest absolute Gasteiger partial charge is 0.378 e. The van der Waals surface area contributed by atoms with Crippen LogP contribution in [0.2, 0.25) is 0 Å². The molecule has 0 amide bonds. The highest BCUT2D eigenvalue weighted by atomic mass is 32.2. The molecule has 4 heterocycles. The molecule has 25 heavy (non-hydrogen) atoms. The average molecular weight is 379 g/mol. The van der Waals surface area contributed by atoms with E-state index in [1.54, 1.807) is 0 Å². The standard InChI is InChI=1S/C14H17N7O2S2/c1-9-18-21-11(22)7-10(15-13(21)25-9)8-24-14-17-16-12(19(14)2)20-3-5-23-6-4-20/h7H,3-6,8H2,1-2H3. The summed E-state index contributed by atoms with van der Waals surface area (Å²) < 4.78 is 8.68. The van der Waals surface area contributed by atoms with Gasteiger partial charge in [0, 0.05) is 32.0 Å². The zero-order valence-corrected chi connectivity index (χ0v) is 15.5. The quantitative estimate of drug-likeness (QED) is 0.613. The predicted octanol–water partition coefficient (Wildman–Crippen LogP) is 0.717. The van der Waals surface area contributed by atoms with Gasteiger partial charge in [-0.3, -0.25) is 9.36 Å². The van der Waals surface area contributed by atoms with Gasteiger partial charge in [0.15, 0.2) is 5.16 Å². The first kappa shape index (κ1) is 16.5. The topological polar surface area (TPSA) is 90.4 Å². The van der Waals surface area contributed by atoms with E-state index < -0.39 is 0 Å². The highest BCUT2D eigenvalue weighted by Crippen LogP contribution is 2.24. The summed E-state index contributed by atoms with van der Waals surface area (Å²) in [6.07, 6.45) is 0. The van der Waals surface area contributed by atoms with Crippen LogP contribution >= 0.6 is 23.1 Å². The maximum absolute atomic E-state index is 12.1. The molecule has 0 radical (unpaired) electrons. The first-order valence-electron chi connectivity index (χ1n) is 7.83. The predicted molar refractivity (Wildman–Crippen MR) is 95.5 cm³/mol. The van der Waals surface area contributed by atoms with Gasteiger partial charge in [0.05, 0.1) is 18.9 Å². The van der Waals surface area contributed by atoms with Crippen LogP contribution in [0.5, 0.6) is 0 Å². The summed E-state index contributed by atoms with van der Waals surface area (Å²) in [6, 6.07) is 1.53. The van der Waals surface area contributed by atoms with E-state index in [1.807, 2.05) is 18.5 Å². The average Bonchev–Trinajstić information content (AvgIpc) is 3.16. The van der Waals surface area contributed by atoms with E-state index in [1.165, 1.54) is 33.7 Å². The van der Waals surface area contributed by atoms with Crippen molar-refractivity contribution in [3.05, 3.63) is 27.1 Å². The van der Waals surface area contributed by atoms with Crippen LogP contribution in [0, 0.1) is 6.92 Å².